The van der Waals surface area contributed by atoms with Crippen molar-refractivity contribution in [1.82, 2.24) is 0 Å². The Morgan fingerprint density at radius 2 is 0.786 bits per heavy atom. The van der Waals surface area contributed by atoms with Crippen LogP contribution in [0.15, 0.2) is 0 Å². The Balaban J connectivity index is -0.000000545. The molecule has 0 aliphatic rings. The van der Waals surface area contributed by atoms with E-state index in [4.69, 9.17) is 14.2 Å². The second kappa shape index (κ2) is 19.4. The van der Waals surface area contributed by atoms with E-state index in [0.717, 1.165) is 31.7 Å². The molecular weight excluding hydrogens is 577 g/mol. The van der Waals surface area contributed by atoms with Crippen LogP contribution in [0.2, 0.25) is 71.0 Å². The van der Waals surface area contributed by atoms with Gasteiger partial charge in [0.1, 0.15) is 0 Å². The van der Waals surface area contributed by atoms with Gasteiger partial charge in [-0.15, -0.1) is 0 Å². The highest BCUT2D eigenvalue weighted by molar-refractivity contribution is 6.76. The molecule has 0 bridgehead atoms. The summed E-state index contributed by atoms with van der Waals surface area (Å²) in [6.07, 6.45) is 4.15. The molecule has 252 valence electrons. The van der Waals surface area contributed by atoms with Crippen LogP contribution in [0.3, 0.4) is 0 Å². The van der Waals surface area contributed by atoms with E-state index in [0.29, 0.717) is 19.4 Å². The first-order chi connectivity index (χ1) is 18.6. The summed E-state index contributed by atoms with van der Waals surface area (Å²) in [4.78, 5) is 34.7. The van der Waals surface area contributed by atoms with Gasteiger partial charge in [0.25, 0.3) is 0 Å². The Bertz CT molecular complexity index is 785. The van der Waals surface area contributed by atoms with Crippen LogP contribution in [0.5, 0.6) is 0 Å². The summed E-state index contributed by atoms with van der Waals surface area (Å²) < 4.78 is 15.8. The van der Waals surface area contributed by atoms with Gasteiger partial charge in [0, 0.05) is 16.1 Å². The number of ether oxygens (including phenoxy) is 3. The third-order valence-electron chi connectivity index (χ3n) is 7.34. The average Bonchev–Trinajstić information content (AvgIpc) is 2.83. The van der Waals surface area contributed by atoms with E-state index in [2.05, 4.69) is 58.9 Å². The summed E-state index contributed by atoms with van der Waals surface area (Å²) in [5.41, 5.74) is -0.960. The third-order valence-corrected chi connectivity index (χ3v) is 11.9. The summed E-state index contributed by atoms with van der Waals surface area (Å²) in [5, 5.41) is 0. The molecule has 0 saturated carbocycles. The highest BCUT2D eigenvalue weighted by Crippen LogP contribution is 2.23. The van der Waals surface area contributed by atoms with Gasteiger partial charge in [-0.05, 0) is 73.3 Å². The number of carbonyl (C=O) groups is 3. The van der Waals surface area contributed by atoms with E-state index >= 15 is 0 Å². The molecule has 0 heterocycles. The van der Waals surface area contributed by atoms with Crippen molar-refractivity contribution < 1.29 is 28.6 Å². The fourth-order valence-corrected chi connectivity index (χ4v) is 5.00. The summed E-state index contributed by atoms with van der Waals surface area (Å²) in [6, 6.07) is 2.28. The molecule has 0 aromatic heterocycles. The molecule has 0 saturated heterocycles. The van der Waals surface area contributed by atoms with E-state index in [-0.39, 0.29) is 34.2 Å². The predicted octanol–water partition coefficient (Wildman–Crippen LogP) is 9.84. The van der Waals surface area contributed by atoms with E-state index in [1.165, 1.54) is 6.04 Å². The van der Waals surface area contributed by atoms with Gasteiger partial charge in [0.05, 0.1) is 43.8 Å². The molecule has 9 heteroatoms. The molecule has 0 rings (SSSR count). The van der Waals surface area contributed by atoms with Crippen LogP contribution in [0.25, 0.3) is 0 Å². The average molecular weight is 649 g/mol. The van der Waals surface area contributed by atoms with Crippen molar-refractivity contribution in [2.75, 3.05) is 19.4 Å². The number of hydrogen-bond donors (Lipinski definition) is 0. The van der Waals surface area contributed by atoms with Gasteiger partial charge in [0.2, 0.25) is 0 Å². The van der Waals surface area contributed by atoms with Crippen LogP contribution in [0.4, 0.5) is 0 Å². The van der Waals surface area contributed by atoms with Gasteiger partial charge in [-0.3, -0.25) is 14.4 Å². The molecule has 0 atom stereocenters. The molecule has 0 aliphatic heterocycles. The van der Waals surface area contributed by atoms with Crippen LogP contribution < -0.4 is 0 Å². The summed E-state index contributed by atoms with van der Waals surface area (Å²) in [7, 11) is -3.30. The Morgan fingerprint density at radius 3 is 1.07 bits per heavy atom. The molecule has 0 unspecified atom stereocenters. The normalized spacial score (nSPS) is 12.7. The van der Waals surface area contributed by atoms with E-state index in [1.807, 2.05) is 62.3 Å². The van der Waals surface area contributed by atoms with Crippen molar-refractivity contribution >= 4 is 42.1 Å². The zero-order valence-corrected chi connectivity index (χ0v) is 34.3. The van der Waals surface area contributed by atoms with E-state index in [1.54, 1.807) is 0 Å². The zero-order valence-electron chi connectivity index (χ0n) is 31.3. The monoisotopic (exact) mass is 648 g/mol. The SMILES string of the molecule is CCC(C)(C)C(=O)OCCC[Si](C)(C)C.CCC(C)(C)C(=O)OCC[Si](C)(C)C.CCC(C)(C)C(=O)OC[Si](C)(C)C. The lowest BCUT2D eigenvalue weighted by Gasteiger charge is -2.23. The summed E-state index contributed by atoms with van der Waals surface area (Å²) in [5.74, 6) is -0.170. The fourth-order valence-electron chi connectivity index (χ4n) is 2.52. The molecule has 0 aromatic rings. The second-order valence-electron chi connectivity index (χ2n) is 17.1. The third kappa shape index (κ3) is 25.5. The highest BCUT2D eigenvalue weighted by atomic mass is 28.3. The lowest BCUT2D eigenvalue weighted by atomic mass is 9.91. The second-order valence-corrected chi connectivity index (χ2v) is 33.7. The van der Waals surface area contributed by atoms with Crippen molar-refractivity contribution in [3.8, 4) is 0 Å². The van der Waals surface area contributed by atoms with Crippen LogP contribution >= 0.6 is 0 Å². The molecule has 6 nitrogen and oxygen atoms in total. The zero-order chi connectivity index (χ0) is 34.2. The van der Waals surface area contributed by atoms with Gasteiger partial charge in [-0.25, -0.2) is 0 Å². The maximum atomic E-state index is 11.6. The number of hydrogen-bond acceptors (Lipinski definition) is 6. The summed E-state index contributed by atoms with van der Waals surface area (Å²) >= 11 is 0. The van der Waals surface area contributed by atoms with E-state index < -0.39 is 24.2 Å². The minimum absolute atomic E-state index is 0.0550. The van der Waals surface area contributed by atoms with Gasteiger partial charge >= 0.3 is 17.9 Å². The Morgan fingerprint density at radius 1 is 0.476 bits per heavy atom. The van der Waals surface area contributed by atoms with Crippen LogP contribution in [-0.4, -0.2) is 61.6 Å². The maximum absolute atomic E-state index is 11.6. The smallest absolute Gasteiger partial charge is 0.311 e. The Labute approximate surface area is 264 Å². The predicted molar refractivity (Wildman–Crippen MR) is 189 cm³/mol. The van der Waals surface area contributed by atoms with Gasteiger partial charge in [-0.1, -0.05) is 85.7 Å². The molecule has 0 aliphatic carbocycles. The fraction of sp³-hybridized carbons (Fsp3) is 0.909. The Kier molecular flexibility index (Phi) is 21.1. The molecule has 0 aromatic carbocycles. The first-order valence-corrected chi connectivity index (χ1v) is 27.2. The van der Waals surface area contributed by atoms with Crippen molar-refractivity contribution in [2.24, 2.45) is 16.2 Å². The van der Waals surface area contributed by atoms with Gasteiger partial charge < -0.3 is 14.2 Å². The van der Waals surface area contributed by atoms with Crippen molar-refractivity contribution in [3.63, 3.8) is 0 Å². The lowest BCUT2D eigenvalue weighted by Crippen LogP contribution is -2.34. The molecular formula is C33H72O6Si3. The maximum Gasteiger partial charge on any atom is 0.311 e. The van der Waals surface area contributed by atoms with E-state index in [9.17, 15) is 14.4 Å². The van der Waals surface area contributed by atoms with Crippen LogP contribution in [-0.2, 0) is 28.6 Å². The Hall–Kier alpha value is -0.939. The molecule has 0 amide bonds. The topological polar surface area (TPSA) is 78.9 Å². The first kappa shape index (κ1) is 45.5. The minimum Gasteiger partial charge on any atom is -0.469 e. The largest absolute Gasteiger partial charge is 0.469 e. The standard InChI is InChI=1S/C12H26O2Si.C11H24O2Si.C10H22O2Si/c1-7-12(2,3)11(13)14-9-8-10-15(4,5)6;1-7-11(2,3)10(12)13-8-9-14(4,5)6;1-7-10(2,3)9(11)12-8-13(4,5)6/h7-10H2,1-6H3;7-9H2,1-6H3;7-8H2,1-6H3. The quantitative estimate of drug-likeness (QED) is 0.0761. The minimum atomic E-state index is -1.25. The number of esters is 3. The van der Waals surface area contributed by atoms with Gasteiger partial charge in [0.15, 0.2) is 0 Å². The highest BCUT2D eigenvalue weighted by Gasteiger charge is 2.29. The summed E-state index contributed by atoms with van der Waals surface area (Å²) in [6.45, 7) is 39.3. The van der Waals surface area contributed by atoms with Crippen molar-refractivity contribution in [1.29, 1.82) is 0 Å². The molecule has 0 radical (unpaired) electrons. The van der Waals surface area contributed by atoms with Crippen molar-refractivity contribution in [3.05, 3.63) is 0 Å². The van der Waals surface area contributed by atoms with Crippen LogP contribution in [0.1, 0.15) is 88.0 Å². The van der Waals surface area contributed by atoms with Crippen molar-refractivity contribution in [2.45, 2.75) is 159 Å². The molecule has 0 N–H and O–H groups in total. The number of rotatable bonds is 15. The molecule has 0 spiro atoms. The van der Waals surface area contributed by atoms with Gasteiger partial charge in [-0.2, -0.15) is 0 Å². The molecule has 0 fully saturated rings. The first-order valence-electron chi connectivity index (χ1n) is 16.1. The number of carbonyl (C=O) groups excluding carboxylic acids is 3. The molecule has 42 heavy (non-hydrogen) atoms. The van der Waals surface area contributed by atoms with Crippen LogP contribution in [0, 0.1) is 16.2 Å². The lowest BCUT2D eigenvalue weighted by molar-refractivity contribution is -0.154.